The molecule has 0 bridgehead atoms. The minimum atomic E-state index is -0.434. The lowest BCUT2D eigenvalue weighted by Crippen LogP contribution is -2.32. The largest absolute Gasteiger partial charge is 0.465 e. The average molecular weight is 332 g/mol. The molecule has 23 heavy (non-hydrogen) atoms. The van der Waals surface area contributed by atoms with E-state index < -0.39 is 5.97 Å². The summed E-state index contributed by atoms with van der Waals surface area (Å²) in [5.41, 5.74) is 0.885. The van der Waals surface area contributed by atoms with E-state index in [1.54, 1.807) is 22.8 Å². The van der Waals surface area contributed by atoms with Gasteiger partial charge in [-0.15, -0.1) is 0 Å². The van der Waals surface area contributed by atoms with Gasteiger partial charge in [-0.05, 0) is 49.2 Å². The lowest BCUT2D eigenvalue weighted by Gasteiger charge is -2.30. The molecule has 0 spiro atoms. The topological polar surface area (TPSA) is 64.1 Å². The number of hydrogen-bond donors (Lipinski definition) is 1. The highest BCUT2D eigenvalue weighted by atomic mass is 32.1. The Labute approximate surface area is 139 Å². The van der Waals surface area contributed by atoms with Crippen molar-refractivity contribution in [2.45, 2.75) is 38.6 Å². The molecule has 1 aliphatic carbocycles. The van der Waals surface area contributed by atoms with Gasteiger partial charge in [0, 0.05) is 6.04 Å². The van der Waals surface area contributed by atoms with E-state index >= 15 is 0 Å². The molecule has 1 heterocycles. The van der Waals surface area contributed by atoms with Gasteiger partial charge in [-0.1, -0.05) is 19.8 Å². The number of hydrogen-bond acceptors (Lipinski definition) is 4. The van der Waals surface area contributed by atoms with Crippen molar-refractivity contribution in [2.24, 2.45) is 5.92 Å². The van der Waals surface area contributed by atoms with Crippen LogP contribution in [0.15, 0.2) is 23.0 Å². The van der Waals surface area contributed by atoms with Crippen LogP contribution in [0.2, 0.25) is 0 Å². The third-order valence-corrected chi connectivity index (χ3v) is 5.05. The van der Waals surface area contributed by atoms with Crippen LogP contribution >= 0.6 is 12.2 Å². The van der Waals surface area contributed by atoms with E-state index in [1.807, 2.05) is 0 Å². The molecule has 6 heteroatoms. The molecule has 1 aromatic carbocycles. The van der Waals surface area contributed by atoms with Crippen LogP contribution in [-0.2, 0) is 4.74 Å². The highest BCUT2D eigenvalue weighted by Gasteiger charge is 2.25. The smallest absolute Gasteiger partial charge is 0.337 e. The second kappa shape index (κ2) is 6.28. The van der Waals surface area contributed by atoms with Crippen molar-refractivity contribution in [3.05, 3.63) is 38.9 Å². The number of methoxy groups -OCH3 is 1. The first kappa shape index (κ1) is 15.9. The van der Waals surface area contributed by atoms with Crippen LogP contribution in [0.3, 0.4) is 0 Å². The molecule has 2 aromatic rings. The van der Waals surface area contributed by atoms with E-state index in [1.165, 1.54) is 13.5 Å². The first-order valence-corrected chi connectivity index (χ1v) is 8.30. The first-order valence-electron chi connectivity index (χ1n) is 7.90. The molecule has 1 fully saturated rings. The fourth-order valence-corrected chi connectivity index (χ4v) is 3.79. The third kappa shape index (κ3) is 2.83. The number of aromatic amines is 1. The molecule has 3 rings (SSSR count). The van der Waals surface area contributed by atoms with Crippen LogP contribution < -0.4 is 5.56 Å². The number of nitrogens with zero attached hydrogens (tertiary/aromatic N) is 1. The Morgan fingerprint density at radius 3 is 2.78 bits per heavy atom. The van der Waals surface area contributed by atoms with Crippen LogP contribution in [0, 0.1) is 10.7 Å². The van der Waals surface area contributed by atoms with Crippen LogP contribution in [0.1, 0.15) is 49.0 Å². The lowest BCUT2D eigenvalue weighted by molar-refractivity contribution is 0.0601. The number of carbonyl (C=O) groups excluding carboxylic acids is 1. The van der Waals surface area contributed by atoms with Crippen molar-refractivity contribution < 1.29 is 9.53 Å². The predicted molar refractivity (Wildman–Crippen MR) is 91.4 cm³/mol. The van der Waals surface area contributed by atoms with Crippen molar-refractivity contribution in [3.8, 4) is 0 Å². The summed E-state index contributed by atoms with van der Waals surface area (Å²) >= 11 is 5.43. The Bertz CT molecular complexity index is 868. The summed E-state index contributed by atoms with van der Waals surface area (Å²) in [5, 5.41) is 0.545. The van der Waals surface area contributed by atoms with Gasteiger partial charge in [0.05, 0.1) is 23.6 Å². The normalized spacial score (nSPS) is 21.3. The fraction of sp³-hybridized carbons (Fsp3) is 0.471. The number of ether oxygens (including phenoxy) is 1. The van der Waals surface area contributed by atoms with Crippen molar-refractivity contribution >= 4 is 29.1 Å². The number of esters is 1. The molecule has 2 unspecified atom stereocenters. The van der Waals surface area contributed by atoms with E-state index in [9.17, 15) is 9.59 Å². The van der Waals surface area contributed by atoms with Gasteiger partial charge in [0.1, 0.15) is 0 Å². The van der Waals surface area contributed by atoms with E-state index in [2.05, 4.69) is 11.9 Å². The predicted octanol–water partition coefficient (Wildman–Crippen LogP) is 3.60. The molecule has 0 amide bonds. The zero-order valence-corrected chi connectivity index (χ0v) is 14.1. The van der Waals surface area contributed by atoms with Gasteiger partial charge in [-0.3, -0.25) is 9.36 Å². The van der Waals surface area contributed by atoms with Gasteiger partial charge in [0.2, 0.25) is 0 Å². The Kier molecular flexibility index (Phi) is 4.35. The van der Waals surface area contributed by atoms with Crippen molar-refractivity contribution in [2.75, 3.05) is 7.11 Å². The Morgan fingerprint density at radius 1 is 1.35 bits per heavy atom. The number of rotatable bonds is 2. The quantitative estimate of drug-likeness (QED) is 0.674. The van der Waals surface area contributed by atoms with Crippen molar-refractivity contribution in [1.29, 1.82) is 0 Å². The highest BCUT2D eigenvalue weighted by Crippen LogP contribution is 2.33. The zero-order chi connectivity index (χ0) is 16.6. The number of carbonyl (C=O) groups is 1. The molecule has 0 aliphatic heterocycles. The molecular formula is C17H20N2O3S. The summed E-state index contributed by atoms with van der Waals surface area (Å²) in [7, 11) is 1.33. The second-order valence-corrected chi connectivity index (χ2v) is 6.57. The van der Waals surface area contributed by atoms with Crippen LogP contribution in [0.5, 0.6) is 0 Å². The van der Waals surface area contributed by atoms with E-state index in [0.717, 1.165) is 19.3 Å². The average Bonchev–Trinajstić information content (AvgIpc) is 2.55. The number of H-pyrrole nitrogens is 1. The minimum absolute atomic E-state index is 0.0843. The zero-order valence-electron chi connectivity index (χ0n) is 13.3. The first-order chi connectivity index (χ1) is 11.0. The standard InChI is InChI=1S/C17H20N2O3S/c1-10-5-3-4-6-14(10)19-15(20)12-8-7-11(16(21)22-2)9-13(12)18-17(19)23/h7-10,14H,3-6H2,1-2H3,(H,18,23). The maximum absolute atomic E-state index is 12.9. The summed E-state index contributed by atoms with van der Waals surface area (Å²) in [6.45, 7) is 2.18. The summed E-state index contributed by atoms with van der Waals surface area (Å²) in [6, 6.07) is 5.04. The molecule has 1 N–H and O–H groups in total. The summed E-state index contributed by atoms with van der Waals surface area (Å²) in [4.78, 5) is 27.7. The van der Waals surface area contributed by atoms with Crippen LogP contribution in [0.25, 0.3) is 10.9 Å². The lowest BCUT2D eigenvalue weighted by atomic mass is 9.86. The minimum Gasteiger partial charge on any atom is -0.465 e. The van der Waals surface area contributed by atoms with E-state index in [-0.39, 0.29) is 11.6 Å². The number of nitrogens with one attached hydrogen (secondary N) is 1. The number of aromatic nitrogens is 2. The molecular weight excluding hydrogens is 312 g/mol. The van der Waals surface area contributed by atoms with Crippen LogP contribution in [-0.4, -0.2) is 22.6 Å². The molecule has 122 valence electrons. The number of fused-ring (bicyclic) bond motifs is 1. The van der Waals surface area contributed by atoms with Gasteiger partial charge < -0.3 is 9.72 Å². The summed E-state index contributed by atoms with van der Waals surface area (Å²) in [5.74, 6) is -0.000331. The second-order valence-electron chi connectivity index (χ2n) is 6.19. The van der Waals surface area contributed by atoms with Crippen molar-refractivity contribution in [1.82, 2.24) is 9.55 Å². The Morgan fingerprint density at radius 2 is 2.09 bits per heavy atom. The van der Waals surface area contributed by atoms with Gasteiger partial charge in [-0.25, -0.2) is 4.79 Å². The van der Waals surface area contributed by atoms with Crippen LogP contribution in [0.4, 0.5) is 0 Å². The maximum Gasteiger partial charge on any atom is 0.337 e. The fourth-order valence-electron chi connectivity index (χ4n) is 3.46. The molecule has 1 saturated carbocycles. The van der Waals surface area contributed by atoms with Gasteiger partial charge in [-0.2, -0.15) is 0 Å². The van der Waals surface area contributed by atoms with Gasteiger partial charge >= 0.3 is 5.97 Å². The third-order valence-electron chi connectivity index (χ3n) is 4.75. The SMILES string of the molecule is COC(=O)c1ccc2c(=O)n(C3CCCCC3C)c(=S)[nH]c2c1. The summed E-state index contributed by atoms with van der Waals surface area (Å²) < 4.78 is 6.86. The molecule has 1 aliphatic rings. The van der Waals surface area contributed by atoms with Gasteiger partial charge in [0.25, 0.3) is 5.56 Å². The Hall–Kier alpha value is -1.95. The monoisotopic (exact) mass is 332 g/mol. The Balaban J connectivity index is 2.17. The molecule has 0 saturated heterocycles. The number of benzene rings is 1. The van der Waals surface area contributed by atoms with Crippen molar-refractivity contribution in [3.63, 3.8) is 0 Å². The summed E-state index contributed by atoms with van der Waals surface area (Å²) in [6.07, 6.45) is 4.42. The van der Waals surface area contributed by atoms with E-state index in [0.29, 0.717) is 27.2 Å². The van der Waals surface area contributed by atoms with E-state index in [4.69, 9.17) is 17.0 Å². The van der Waals surface area contributed by atoms with Gasteiger partial charge in [0.15, 0.2) is 4.77 Å². The molecule has 5 nitrogen and oxygen atoms in total. The highest BCUT2D eigenvalue weighted by molar-refractivity contribution is 7.71. The maximum atomic E-state index is 12.9. The molecule has 1 aromatic heterocycles. The molecule has 2 atom stereocenters. The molecule has 0 radical (unpaired) electrons.